The normalized spacial score (nSPS) is 15.7. The first-order valence-electron chi connectivity index (χ1n) is 7.95. The van der Waals surface area contributed by atoms with Crippen LogP contribution in [0.2, 0.25) is 18.1 Å². The molecule has 0 spiro atoms. The van der Waals surface area contributed by atoms with Gasteiger partial charge in [-0.05, 0) is 30.1 Å². The van der Waals surface area contributed by atoms with E-state index in [0.717, 1.165) is 12.0 Å². The predicted octanol–water partition coefficient (Wildman–Crippen LogP) is 4.99. The Hall–Kier alpha value is -1.16. The van der Waals surface area contributed by atoms with Crippen molar-refractivity contribution in [2.45, 2.75) is 57.5 Å². The van der Waals surface area contributed by atoms with Crippen molar-refractivity contribution in [1.82, 2.24) is 0 Å². The molecule has 122 valence electrons. The van der Waals surface area contributed by atoms with E-state index in [1.54, 1.807) is 0 Å². The first-order valence-corrected chi connectivity index (χ1v) is 10.9. The number of benzene rings is 1. The first kappa shape index (κ1) is 18.9. The van der Waals surface area contributed by atoms with Gasteiger partial charge < -0.3 is 10.2 Å². The number of nitrogens with two attached hydrogens (primary N) is 1. The molecule has 0 heterocycles. The minimum absolute atomic E-state index is 0.0633. The van der Waals surface area contributed by atoms with Gasteiger partial charge >= 0.3 is 0 Å². The van der Waals surface area contributed by atoms with Gasteiger partial charge in [-0.2, -0.15) is 0 Å². The van der Waals surface area contributed by atoms with Crippen molar-refractivity contribution in [1.29, 1.82) is 0 Å². The SMILES string of the molecule is C=CC[C@@H](N)[C@@H](C=Cc1ccccc1)O[Si](C)(C)C(C)(C)C. The zero-order chi connectivity index (χ0) is 16.8. The standard InChI is InChI=1S/C19H31NOSi/c1-7-11-17(20)18(21-22(5,6)19(2,3)4)15-14-16-12-9-8-10-13-16/h7-10,12-15,17-18H,1,11,20H2,2-6H3/t17-,18-/m1/s1. The lowest BCUT2D eigenvalue weighted by Crippen LogP contribution is -2.48. The second-order valence-electron chi connectivity index (χ2n) is 7.30. The average Bonchev–Trinajstić information content (AvgIpc) is 2.43. The Bertz CT molecular complexity index is 488. The molecule has 0 fully saturated rings. The van der Waals surface area contributed by atoms with Crippen molar-refractivity contribution in [3.63, 3.8) is 0 Å². The van der Waals surface area contributed by atoms with E-state index in [0.29, 0.717) is 0 Å². The zero-order valence-corrected chi connectivity index (χ0v) is 15.7. The van der Waals surface area contributed by atoms with Gasteiger partial charge in [-0.25, -0.2) is 0 Å². The molecular weight excluding hydrogens is 286 g/mol. The summed E-state index contributed by atoms with van der Waals surface area (Å²) in [6.07, 6.45) is 6.73. The summed E-state index contributed by atoms with van der Waals surface area (Å²) in [4.78, 5) is 0. The highest BCUT2D eigenvalue weighted by Crippen LogP contribution is 2.37. The van der Waals surface area contributed by atoms with E-state index in [1.165, 1.54) is 0 Å². The highest BCUT2D eigenvalue weighted by atomic mass is 28.4. The van der Waals surface area contributed by atoms with Gasteiger partial charge in [0.15, 0.2) is 8.32 Å². The van der Waals surface area contributed by atoms with Gasteiger partial charge in [-0.1, -0.05) is 69.3 Å². The molecule has 0 aliphatic carbocycles. The fourth-order valence-corrected chi connectivity index (χ4v) is 3.17. The molecular formula is C19H31NOSi. The smallest absolute Gasteiger partial charge is 0.192 e. The molecule has 0 aliphatic rings. The molecule has 2 N–H and O–H groups in total. The summed E-state index contributed by atoms with van der Waals surface area (Å²) in [6.45, 7) is 15.1. The molecule has 0 amide bonds. The van der Waals surface area contributed by atoms with Crippen LogP contribution in [0.4, 0.5) is 0 Å². The summed E-state index contributed by atoms with van der Waals surface area (Å²) in [5.74, 6) is 0. The molecule has 22 heavy (non-hydrogen) atoms. The molecule has 1 aromatic rings. The molecule has 0 bridgehead atoms. The van der Waals surface area contributed by atoms with E-state index in [4.69, 9.17) is 10.2 Å². The van der Waals surface area contributed by atoms with Crippen LogP contribution < -0.4 is 5.73 Å². The second-order valence-corrected chi connectivity index (χ2v) is 12.1. The maximum absolute atomic E-state index is 6.52. The second kappa shape index (κ2) is 7.91. The van der Waals surface area contributed by atoms with Crippen molar-refractivity contribution in [3.8, 4) is 0 Å². The van der Waals surface area contributed by atoms with E-state index in [-0.39, 0.29) is 17.2 Å². The third-order valence-electron chi connectivity index (χ3n) is 4.38. The number of hydrogen-bond donors (Lipinski definition) is 1. The third kappa shape index (κ3) is 5.56. The minimum Gasteiger partial charge on any atom is -0.409 e. The van der Waals surface area contributed by atoms with Crippen molar-refractivity contribution >= 4 is 14.4 Å². The lowest BCUT2D eigenvalue weighted by atomic mass is 10.1. The van der Waals surface area contributed by atoms with E-state index < -0.39 is 8.32 Å². The Morgan fingerprint density at radius 1 is 1.23 bits per heavy atom. The van der Waals surface area contributed by atoms with Crippen LogP contribution in [0.3, 0.4) is 0 Å². The van der Waals surface area contributed by atoms with Crippen molar-refractivity contribution < 1.29 is 4.43 Å². The Morgan fingerprint density at radius 3 is 2.32 bits per heavy atom. The number of hydrogen-bond acceptors (Lipinski definition) is 2. The first-order chi connectivity index (χ1) is 10.2. The van der Waals surface area contributed by atoms with Crippen LogP contribution in [0.5, 0.6) is 0 Å². The van der Waals surface area contributed by atoms with Crippen molar-refractivity contribution in [2.75, 3.05) is 0 Å². The molecule has 0 aromatic heterocycles. The largest absolute Gasteiger partial charge is 0.409 e. The lowest BCUT2D eigenvalue weighted by Gasteiger charge is -2.40. The highest BCUT2D eigenvalue weighted by Gasteiger charge is 2.39. The molecule has 0 saturated heterocycles. The van der Waals surface area contributed by atoms with Crippen LogP contribution in [0.15, 0.2) is 49.1 Å². The summed E-state index contributed by atoms with van der Waals surface area (Å²) in [6, 6.07) is 10.2. The van der Waals surface area contributed by atoms with Gasteiger partial charge in [-0.3, -0.25) is 0 Å². The maximum Gasteiger partial charge on any atom is 0.192 e. The van der Waals surface area contributed by atoms with E-state index in [2.05, 4.69) is 64.7 Å². The van der Waals surface area contributed by atoms with Crippen LogP contribution in [0.1, 0.15) is 32.8 Å². The van der Waals surface area contributed by atoms with E-state index in [1.807, 2.05) is 24.3 Å². The Balaban J connectivity index is 2.94. The van der Waals surface area contributed by atoms with Gasteiger partial charge in [0.05, 0.1) is 6.10 Å². The molecule has 0 radical (unpaired) electrons. The van der Waals surface area contributed by atoms with Gasteiger partial charge in [0, 0.05) is 6.04 Å². The fraction of sp³-hybridized carbons (Fsp3) is 0.474. The predicted molar refractivity (Wildman–Crippen MR) is 100 cm³/mol. The van der Waals surface area contributed by atoms with Crippen LogP contribution >= 0.6 is 0 Å². The molecule has 0 unspecified atom stereocenters. The minimum atomic E-state index is -1.86. The van der Waals surface area contributed by atoms with Gasteiger partial charge in [0.2, 0.25) is 0 Å². The summed E-state index contributed by atoms with van der Waals surface area (Å²) in [5.41, 5.74) is 7.48. The maximum atomic E-state index is 6.52. The summed E-state index contributed by atoms with van der Waals surface area (Å²) in [7, 11) is -1.86. The fourth-order valence-electron chi connectivity index (χ4n) is 1.88. The molecule has 1 aromatic carbocycles. The quantitative estimate of drug-likeness (QED) is 0.568. The molecule has 2 nitrogen and oxygen atoms in total. The van der Waals surface area contributed by atoms with Gasteiger partial charge in [-0.15, -0.1) is 6.58 Å². The Labute approximate surface area is 137 Å². The zero-order valence-electron chi connectivity index (χ0n) is 14.7. The highest BCUT2D eigenvalue weighted by molar-refractivity contribution is 6.74. The molecule has 1 rings (SSSR count). The van der Waals surface area contributed by atoms with Crippen LogP contribution in [-0.4, -0.2) is 20.5 Å². The van der Waals surface area contributed by atoms with Crippen LogP contribution in [-0.2, 0) is 4.43 Å². The topological polar surface area (TPSA) is 35.2 Å². The summed E-state index contributed by atoms with van der Waals surface area (Å²) < 4.78 is 6.52. The lowest BCUT2D eigenvalue weighted by molar-refractivity contribution is 0.196. The van der Waals surface area contributed by atoms with Gasteiger partial charge in [0.1, 0.15) is 0 Å². The van der Waals surface area contributed by atoms with Crippen LogP contribution in [0.25, 0.3) is 6.08 Å². The molecule has 2 atom stereocenters. The number of rotatable bonds is 7. The Morgan fingerprint density at radius 2 is 1.82 bits per heavy atom. The van der Waals surface area contributed by atoms with E-state index in [9.17, 15) is 0 Å². The summed E-state index contributed by atoms with van der Waals surface area (Å²) in [5, 5.41) is 0.166. The molecule has 0 aliphatic heterocycles. The van der Waals surface area contributed by atoms with Gasteiger partial charge in [0.25, 0.3) is 0 Å². The van der Waals surface area contributed by atoms with Crippen molar-refractivity contribution in [2.24, 2.45) is 5.73 Å². The third-order valence-corrected chi connectivity index (χ3v) is 8.85. The molecule has 0 saturated carbocycles. The monoisotopic (exact) mass is 317 g/mol. The van der Waals surface area contributed by atoms with Crippen molar-refractivity contribution in [3.05, 3.63) is 54.6 Å². The Kier molecular flexibility index (Phi) is 6.79. The summed E-state index contributed by atoms with van der Waals surface area (Å²) >= 11 is 0. The van der Waals surface area contributed by atoms with E-state index >= 15 is 0 Å². The average molecular weight is 318 g/mol. The molecule has 3 heteroatoms. The van der Waals surface area contributed by atoms with Crippen LogP contribution in [0, 0.1) is 0 Å².